The Morgan fingerprint density at radius 3 is 2.89 bits per heavy atom. The third-order valence-electron chi connectivity index (χ3n) is 3.43. The molecule has 0 radical (unpaired) electrons. The molecule has 18 heavy (non-hydrogen) atoms. The molecule has 0 atom stereocenters. The van der Waals surface area contributed by atoms with Crippen LogP contribution < -0.4 is 5.73 Å². The molecule has 1 aromatic carbocycles. The molecule has 2 aromatic rings. The Morgan fingerprint density at radius 1 is 1.33 bits per heavy atom. The van der Waals surface area contributed by atoms with E-state index >= 15 is 0 Å². The first kappa shape index (κ1) is 11.2. The standard InChI is InChI=1S/C15H15FN2/c1-15(2)6-5-11-13(8-15)18-12-7-9(16)3-4-10(12)14(11)17/h3-7H,8H2,1-2H3,(H2,17,18). The van der Waals surface area contributed by atoms with Gasteiger partial charge in [0, 0.05) is 17.0 Å². The van der Waals surface area contributed by atoms with Gasteiger partial charge in [-0.15, -0.1) is 0 Å². The molecule has 0 saturated heterocycles. The van der Waals surface area contributed by atoms with E-state index in [1.807, 2.05) is 6.08 Å². The highest BCUT2D eigenvalue weighted by Gasteiger charge is 2.23. The molecule has 0 saturated carbocycles. The fraction of sp³-hybridized carbons (Fsp3) is 0.267. The number of nitrogens with zero attached hydrogens (tertiary/aromatic N) is 1. The molecule has 3 rings (SSSR count). The molecule has 0 bridgehead atoms. The number of fused-ring (bicyclic) bond motifs is 2. The van der Waals surface area contributed by atoms with Crippen LogP contribution in [0.3, 0.4) is 0 Å². The Labute approximate surface area is 105 Å². The number of anilines is 1. The van der Waals surface area contributed by atoms with Crippen LogP contribution in [0, 0.1) is 11.2 Å². The lowest BCUT2D eigenvalue weighted by Gasteiger charge is -2.26. The normalized spacial score (nSPS) is 16.8. The fourth-order valence-electron chi connectivity index (χ4n) is 2.45. The van der Waals surface area contributed by atoms with Crippen molar-refractivity contribution in [2.75, 3.05) is 5.73 Å². The van der Waals surface area contributed by atoms with Crippen molar-refractivity contribution in [2.45, 2.75) is 20.3 Å². The third kappa shape index (κ3) is 1.67. The smallest absolute Gasteiger partial charge is 0.125 e. The molecule has 0 fully saturated rings. The second-order valence-corrected chi connectivity index (χ2v) is 5.55. The van der Waals surface area contributed by atoms with Crippen molar-refractivity contribution >= 4 is 22.7 Å². The van der Waals surface area contributed by atoms with Crippen LogP contribution in [0.4, 0.5) is 10.1 Å². The van der Waals surface area contributed by atoms with Gasteiger partial charge in [-0.2, -0.15) is 0 Å². The Morgan fingerprint density at radius 2 is 2.11 bits per heavy atom. The van der Waals surface area contributed by atoms with Gasteiger partial charge in [0.2, 0.25) is 0 Å². The van der Waals surface area contributed by atoms with Gasteiger partial charge in [0.15, 0.2) is 0 Å². The van der Waals surface area contributed by atoms with Gasteiger partial charge in [-0.25, -0.2) is 4.39 Å². The van der Waals surface area contributed by atoms with Gasteiger partial charge in [0.1, 0.15) is 5.82 Å². The summed E-state index contributed by atoms with van der Waals surface area (Å²) < 4.78 is 13.3. The number of nitrogens with two attached hydrogens (primary N) is 1. The van der Waals surface area contributed by atoms with Crippen molar-refractivity contribution < 1.29 is 4.39 Å². The summed E-state index contributed by atoms with van der Waals surface area (Å²) in [7, 11) is 0. The van der Waals surface area contributed by atoms with Crippen LogP contribution in [0.15, 0.2) is 24.3 Å². The van der Waals surface area contributed by atoms with Gasteiger partial charge in [0.25, 0.3) is 0 Å². The van der Waals surface area contributed by atoms with E-state index in [-0.39, 0.29) is 11.2 Å². The van der Waals surface area contributed by atoms with Crippen LogP contribution in [0.2, 0.25) is 0 Å². The maximum absolute atomic E-state index is 13.3. The molecule has 0 amide bonds. The fourth-order valence-corrected chi connectivity index (χ4v) is 2.45. The van der Waals surface area contributed by atoms with Crippen LogP contribution in [0.1, 0.15) is 25.1 Å². The second-order valence-electron chi connectivity index (χ2n) is 5.55. The largest absolute Gasteiger partial charge is 0.398 e. The summed E-state index contributed by atoms with van der Waals surface area (Å²) in [6, 6.07) is 4.56. The van der Waals surface area contributed by atoms with E-state index in [1.54, 1.807) is 6.07 Å². The number of pyridine rings is 1. The molecular weight excluding hydrogens is 227 g/mol. The van der Waals surface area contributed by atoms with Crippen molar-refractivity contribution in [3.8, 4) is 0 Å². The first-order valence-electron chi connectivity index (χ1n) is 6.03. The van der Waals surface area contributed by atoms with E-state index in [1.165, 1.54) is 12.1 Å². The van der Waals surface area contributed by atoms with Gasteiger partial charge in [-0.3, -0.25) is 4.98 Å². The SMILES string of the molecule is CC1(C)C=Cc2c(nc3cc(F)ccc3c2N)C1. The average Bonchev–Trinajstić information content (AvgIpc) is 2.27. The number of rotatable bonds is 0. The summed E-state index contributed by atoms with van der Waals surface area (Å²) in [5.41, 5.74) is 9.51. The Bertz CT molecular complexity index is 672. The van der Waals surface area contributed by atoms with Crippen LogP contribution >= 0.6 is 0 Å². The molecule has 1 aliphatic rings. The van der Waals surface area contributed by atoms with Crippen molar-refractivity contribution in [3.63, 3.8) is 0 Å². The zero-order valence-electron chi connectivity index (χ0n) is 10.5. The van der Waals surface area contributed by atoms with Crippen molar-refractivity contribution in [1.29, 1.82) is 0 Å². The minimum Gasteiger partial charge on any atom is -0.398 e. The number of hydrogen-bond acceptors (Lipinski definition) is 2. The highest BCUT2D eigenvalue weighted by molar-refractivity contribution is 5.95. The maximum atomic E-state index is 13.3. The van der Waals surface area contributed by atoms with E-state index in [0.29, 0.717) is 11.2 Å². The van der Waals surface area contributed by atoms with Crippen molar-refractivity contribution in [3.05, 3.63) is 41.3 Å². The first-order valence-corrected chi connectivity index (χ1v) is 6.03. The minimum atomic E-state index is -0.278. The summed E-state index contributed by atoms with van der Waals surface area (Å²) in [5, 5.41) is 0.819. The quantitative estimate of drug-likeness (QED) is 0.767. The molecule has 2 nitrogen and oxygen atoms in total. The summed E-state index contributed by atoms with van der Waals surface area (Å²) in [5.74, 6) is -0.278. The highest BCUT2D eigenvalue weighted by Crippen LogP contribution is 2.36. The van der Waals surface area contributed by atoms with Crippen LogP contribution in [-0.2, 0) is 6.42 Å². The molecule has 1 aromatic heterocycles. The van der Waals surface area contributed by atoms with Gasteiger partial charge in [-0.1, -0.05) is 26.0 Å². The summed E-state index contributed by atoms with van der Waals surface area (Å²) in [6.07, 6.45) is 5.02. The van der Waals surface area contributed by atoms with Crippen LogP contribution in [0.25, 0.3) is 17.0 Å². The van der Waals surface area contributed by atoms with Crippen molar-refractivity contribution in [1.82, 2.24) is 4.98 Å². The van der Waals surface area contributed by atoms with Crippen LogP contribution in [-0.4, -0.2) is 4.98 Å². The Balaban J connectivity index is 2.32. The van der Waals surface area contributed by atoms with Gasteiger partial charge >= 0.3 is 0 Å². The summed E-state index contributed by atoms with van der Waals surface area (Å²) in [6.45, 7) is 4.31. The molecule has 1 heterocycles. The monoisotopic (exact) mass is 242 g/mol. The topological polar surface area (TPSA) is 38.9 Å². The Kier molecular flexibility index (Phi) is 2.21. The lowest BCUT2D eigenvalue weighted by molar-refractivity contribution is 0.469. The zero-order valence-corrected chi connectivity index (χ0v) is 10.5. The molecule has 3 heteroatoms. The van der Waals surface area contributed by atoms with E-state index in [0.717, 1.165) is 23.1 Å². The molecule has 1 aliphatic carbocycles. The van der Waals surface area contributed by atoms with Crippen LogP contribution in [0.5, 0.6) is 0 Å². The van der Waals surface area contributed by atoms with Crippen molar-refractivity contribution in [2.24, 2.45) is 5.41 Å². The van der Waals surface area contributed by atoms with Gasteiger partial charge in [-0.05, 0) is 24.0 Å². The second kappa shape index (κ2) is 3.55. The highest BCUT2D eigenvalue weighted by atomic mass is 19.1. The number of aromatic nitrogens is 1. The minimum absolute atomic E-state index is 0.0768. The van der Waals surface area contributed by atoms with E-state index in [2.05, 4.69) is 24.9 Å². The zero-order chi connectivity index (χ0) is 12.9. The number of halogens is 1. The third-order valence-corrected chi connectivity index (χ3v) is 3.43. The molecular formula is C15H15FN2. The van der Waals surface area contributed by atoms with Gasteiger partial charge in [0.05, 0.1) is 16.9 Å². The lowest BCUT2D eigenvalue weighted by Crippen LogP contribution is -2.18. The maximum Gasteiger partial charge on any atom is 0.125 e. The Hall–Kier alpha value is -1.90. The van der Waals surface area contributed by atoms with E-state index in [4.69, 9.17) is 5.73 Å². The molecule has 2 N–H and O–H groups in total. The molecule has 0 spiro atoms. The average molecular weight is 242 g/mol. The number of nitrogen functional groups attached to an aromatic ring is 1. The predicted molar refractivity (Wildman–Crippen MR) is 72.6 cm³/mol. The number of benzene rings is 1. The predicted octanol–water partition coefficient (Wildman–Crippen LogP) is 3.55. The summed E-state index contributed by atoms with van der Waals surface area (Å²) >= 11 is 0. The van der Waals surface area contributed by atoms with E-state index in [9.17, 15) is 4.39 Å². The van der Waals surface area contributed by atoms with E-state index < -0.39 is 0 Å². The summed E-state index contributed by atoms with van der Waals surface area (Å²) in [4.78, 5) is 4.56. The lowest BCUT2D eigenvalue weighted by atomic mass is 9.81. The number of allylic oxidation sites excluding steroid dienone is 1. The number of hydrogen-bond donors (Lipinski definition) is 1. The molecule has 92 valence electrons. The molecule has 0 aliphatic heterocycles. The van der Waals surface area contributed by atoms with Gasteiger partial charge < -0.3 is 5.73 Å². The first-order chi connectivity index (χ1) is 8.46. The molecule has 0 unspecified atom stereocenters.